The molecule has 1 aromatic carbocycles. The van der Waals surface area contributed by atoms with Crippen LogP contribution in [0.15, 0.2) is 51.4 Å². The Bertz CT molecular complexity index is 769. The van der Waals surface area contributed by atoms with Crippen LogP contribution in [0.3, 0.4) is 0 Å². The number of methoxy groups -OCH3 is 1. The van der Waals surface area contributed by atoms with E-state index in [0.717, 1.165) is 4.88 Å². The molecule has 0 aliphatic rings. The predicted octanol–water partition coefficient (Wildman–Crippen LogP) is 3.78. The van der Waals surface area contributed by atoms with Crippen molar-refractivity contribution in [3.05, 3.63) is 47.3 Å². The Hall–Kier alpha value is -2.12. The number of ether oxygens (including phenoxy) is 1. The van der Waals surface area contributed by atoms with Gasteiger partial charge in [-0.25, -0.2) is 0 Å². The number of Topliss-reactive ketones (excluding diaryl/α,β-unsaturated/α-hetero) is 1. The topological polar surface area (TPSA) is 65.2 Å². The maximum atomic E-state index is 12.2. The minimum absolute atomic E-state index is 0.0432. The van der Waals surface area contributed by atoms with Crippen molar-refractivity contribution in [2.24, 2.45) is 0 Å². The van der Waals surface area contributed by atoms with Gasteiger partial charge in [-0.15, -0.1) is 21.5 Å². The fourth-order valence-corrected chi connectivity index (χ4v) is 3.14. The van der Waals surface area contributed by atoms with Crippen LogP contribution < -0.4 is 4.74 Å². The Kier molecular flexibility index (Phi) is 4.55. The van der Waals surface area contributed by atoms with E-state index in [-0.39, 0.29) is 11.5 Å². The molecular weight excluding hydrogens is 320 g/mol. The molecule has 0 unspecified atom stereocenters. The SMILES string of the molecule is COc1ccccc1C(=O)CSc1nnc(-c2cccs2)o1. The number of benzene rings is 1. The molecule has 3 aromatic rings. The molecule has 0 aliphatic carbocycles. The van der Waals surface area contributed by atoms with Crippen molar-refractivity contribution >= 4 is 28.9 Å². The number of rotatable bonds is 6. The maximum Gasteiger partial charge on any atom is 0.277 e. The molecule has 5 nitrogen and oxygen atoms in total. The molecule has 0 amide bonds. The van der Waals surface area contributed by atoms with Gasteiger partial charge in [-0.1, -0.05) is 30.0 Å². The van der Waals surface area contributed by atoms with Gasteiger partial charge in [0.2, 0.25) is 0 Å². The summed E-state index contributed by atoms with van der Waals surface area (Å²) in [5.41, 5.74) is 0.551. The van der Waals surface area contributed by atoms with Gasteiger partial charge < -0.3 is 9.15 Å². The molecule has 0 saturated carbocycles. The van der Waals surface area contributed by atoms with E-state index in [0.29, 0.717) is 22.4 Å². The zero-order valence-corrected chi connectivity index (χ0v) is 13.3. The lowest BCUT2D eigenvalue weighted by Gasteiger charge is -2.05. The minimum atomic E-state index is -0.0432. The van der Waals surface area contributed by atoms with E-state index in [1.807, 2.05) is 29.6 Å². The number of thioether (sulfide) groups is 1. The summed E-state index contributed by atoms with van der Waals surface area (Å²) in [7, 11) is 1.55. The molecule has 0 saturated heterocycles. The number of aromatic nitrogens is 2. The molecule has 22 heavy (non-hydrogen) atoms. The number of hydrogen-bond donors (Lipinski definition) is 0. The normalized spacial score (nSPS) is 10.6. The fraction of sp³-hybridized carbons (Fsp3) is 0.133. The van der Waals surface area contributed by atoms with Crippen LogP contribution in [0.1, 0.15) is 10.4 Å². The van der Waals surface area contributed by atoms with Gasteiger partial charge in [0, 0.05) is 0 Å². The molecule has 0 N–H and O–H groups in total. The molecule has 0 atom stereocenters. The highest BCUT2D eigenvalue weighted by Gasteiger charge is 2.15. The van der Waals surface area contributed by atoms with E-state index in [2.05, 4.69) is 10.2 Å². The Morgan fingerprint density at radius 2 is 2.14 bits per heavy atom. The summed E-state index contributed by atoms with van der Waals surface area (Å²) < 4.78 is 10.7. The van der Waals surface area contributed by atoms with Crippen molar-refractivity contribution in [2.45, 2.75) is 5.22 Å². The van der Waals surface area contributed by atoms with E-state index < -0.39 is 0 Å². The van der Waals surface area contributed by atoms with Crippen LogP contribution in [0.5, 0.6) is 5.75 Å². The number of carbonyl (C=O) groups excluding carboxylic acids is 1. The van der Waals surface area contributed by atoms with Gasteiger partial charge in [-0.05, 0) is 23.6 Å². The second-order valence-corrected chi connectivity index (χ2v) is 6.14. The number of thiophene rings is 1. The molecule has 0 fully saturated rings. The first-order valence-electron chi connectivity index (χ1n) is 6.44. The fourth-order valence-electron chi connectivity index (χ4n) is 1.85. The summed E-state index contributed by atoms with van der Waals surface area (Å²) in [4.78, 5) is 13.2. The first kappa shape index (κ1) is 14.8. The van der Waals surface area contributed by atoms with E-state index in [4.69, 9.17) is 9.15 Å². The van der Waals surface area contributed by atoms with E-state index in [1.54, 1.807) is 19.2 Å². The average Bonchev–Trinajstić information content (AvgIpc) is 3.23. The number of ketones is 1. The molecule has 2 aromatic heterocycles. The van der Waals surface area contributed by atoms with Gasteiger partial charge in [0.15, 0.2) is 5.78 Å². The van der Waals surface area contributed by atoms with E-state index in [9.17, 15) is 4.79 Å². The standard InChI is InChI=1S/C15H12N2O3S2/c1-19-12-6-3-2-5-10(12)11(18)9-22-15-17-16-14(20-15)13-7-4-8-21-13/h2-8H,9H2,1H3. The van der Waals surface area contributed by atoms with Gasteiger partial charge in [0.05, 0.1) is 23.3 Å². The van der Waals surface area contributed by atoms with Gasteiger partial charge in [-0.2, -0.15) is 0 Å². The Morgan fingerprint density at radius 1 is 1.27 bits per heavy atom. The molecule has 3 rings (SSSR count). The quantitative estimate of drug-likeness (QED) is 0.505. The van der Waals surface area contributed by atoms with Crippen molar-refractivity contribution in [1.29, 1.82) is 0 Å². The monoisotopic (exact) mass is 332 g/mol. The number of nitrogens with zero attached hydrogens (tertiary/aromatic N) is 2. The highest BCUT2D eigenvalue weighted by Crippen LogP contribution is 2.27. The Labute approximate surface area is 135 Å². The third kappa shape index (κ3) is 3.20. The zero-order valence-electron chi connectivity index (χ0n) is 11.7. The van der Waals surface area contributed by atoms with Gasteiger partial charge in [-0.3, -0.25) is 4.79 Å². The first-order valence-corrected chi connectivity index (χ1v) is 8.31. The Morgan fingerprint density at radius 3 is 2.91 bits per heavy atom. The van der Waals surface area contributed by atoms with Crippen LogP contribution >= 0.6 is 23.1 Å². The van der Waals surface area contributed by atoms with Gasteiger partial charge in [0.25, 0.3) is 11.1 Å². The van der Waals surface area contributed by atoms with Crippen molar-refractivity contribution in [1.82, 2.24) is 10.2 Å². The van der Waals surface area contributed by atoms with Crippen LogP contribution in [0.4, 0.5) is 0 Å². The second kappa shape index (κ2) is 6.76. The minimum Gasteiger partial charge on any atom is -0.496 e. The lowest BCUT2D eigenvalue weighted by molar-refractivity contribution is 0.101. The third-order valence-electron chi connectivity index (χ3n) is 2.87. The molecule has 0 radical (unpaired) electrons. The maximum absolute atomic E-state index is 12.2. The molecular formula is C15H12N2O3S2. The van der Waals surface area contributed by atoms with Crippen LogP contribution in [-0.4, -0.2) is 28.8 Å². The van der Waals surface area contributed by atoms with E-state index in [1.165, 1.54) is 23.1 Å². The van der Waals surface area contributed by atoms with Gasteiger partial charge >= 0.3 is 0 Å². The van der Waals surface area contributed by atoms with Crippen molar-refractivity contribution in [2.75, 3.05) is 12.9 Å². The summed E-state index contributed by atoms with van der Waals surface area (Å²) >= 11 is 2.75. The highest BCUT2D eigenvalue weighted by atomic mass is 32.2. The van der Waals surface area contributed by atoms with Crippen LogP contribution in [0, 0.1) is 0 Å². The smallest absolute Gasteiger partial charge is 0.277 e. The largest absolute Gasteiger partial charge is 0.496 e. The third-order valence-corrected chi connectivity index (χ3v) is 4.55. The van der Waals surface area contributed by atoms with E-state index >= 15 is 0 Å². The molecule has 2 heterocycles. The van der Waals surface area contributed by atoms with Crippen molar-refractivity contribution in [3.63, 3.8) is 0 Å². The lowest BCUT2D eigenvalue weighted by atomic mass is 10.1. The zero-order chi connectivity index (χ0) is 15.4. The van der Waals surface area contributed by atoms with Crippen LogP contribution in [0.25, 0.3) is 10.8 Å². The summed E-state index contributed by atoms with van der Waals surface area (Å²) in [5, 5.41) is 10.3. The van der Waals surface area contributed by atoms with Crippen LogP contribution in [-0.2, 0) is 0 Å². The number of hydrogen-bond acceptors (Lipinski definition) is 7. The molecule has 7 heteroatoms. The summed E-state index contributed by atoms with van der Waals surface area (Å²) in [6, 6.07) is 11.0. The first-order chi connectivity index (χ1) is 10.8. The average molecular weight is 332 g/mol. The highest BCUT2D eigenvalue weighted by molar-refractivity contribution is 7.99. The van der Waals surface area contributed by atoms with Gasteiger partial charge in [0.1, 0.15) is 5.75 Å². The molecule has 112 valence electrons. The second-order valence-electron chi connectivity index (χ2n) is 4.26. The molecule has 0 spiro atoms. The predicted molar refractivity (Wildman–Crippen MR) is 85.7 cm³/mol. The van der Waals surface area contributed by atoms with Crippen LogP contribution in [0.2, 0.25) is 0 Å². The molecule has 0 bridgehead atoms. The summed E-state index contributed by atoms with van der Waals surface area (Å²) in [5.74, 6) is 1.21. The Balaban J connectivity index is 1.66. The summed E-state index contributed by atoms with van der Waals surface area (Å²) in [6.45, 7) is 0. The van der Waals surface area contributed by atoms with Crippen molar-refractivity contribution < 1.29 is 13.9 Å². The number of carbonyl (C=O) groups is 1. The summed E-state index contributed by atoms with van der Waals surface area (Å²) in [6.07, 6.45) is 0. The molecule has 0 aliphatic heterocycles. The van der Waals surface area contributed by atoms with Crippen molar-refractivity contribution in [3.8, 4) is 16.5 Å². The number of para-hydroxylation sites is 1. The lowest BCUT2D eigenvalue weighted by Crippen LogP contribution is -2.04.